The van der Waals surface area contributed by atoms with Gasteiger partial charge in [-0.25, -0.2) is 0 Å². The van der Waals surface area contributed by atoms with Crippen molar-refractivity contribution in [2.24, 2.45) is 0 Å². The number of carbonyl (C=O) groups is 1. The molecule has 1 heterocycles. The maximum absolute atomic E-state index is 12.5. The van der Waals surface area contributed by atoms with E-state index in [2.05, 4.69) is 15.9 Å². The predicted molar refractivity (Wildman–Crippen MR) is 83.5 cm³/mol. The number of halogens is 2. The predicted octanol–water partition coefficient (Wildman–Crippen LogP) is 5.39. The molecule has 0 N–H and O–H groups in total. The highest BCUT2D eigenvalue weighted by Crippen LogP contribution is 2.27. The molecule has 2 aromatic carbocycles. The summed E-state index contributed by atoms with van der Waals surface area (Å²) in [5.74, 6) is 0.127. The Morgan fingerprint density at radius 1 is 1.15 bits per heavy atom. The smallest absolute Gasteiger partial charge is 0.229 e. The van der Waals surface area contributed by atoms with Gasteiger partial charge in [0.25, 0.3) is 0 Å². The minimum absolute atomic E-state index is 0.187. The average molecular weight is 350 g/mol. The van der Waals surface area contributed by atoms with Gasteiger partial charge in [-0.05, 0) is 43.3 Å². The Morgan fingerprint density at radius 3 is 2.75 bits per heavy atom. The van der Waals surface area contributed by atoms with E-state index in [1.165, 1.54) is 0 Å². The summed E-state index contributed by atoms with van der Waals surface area (Å²) in [6, 6.07) is 12.7. The fourth-order valence-electron chi connectivity index (χ4n) is 2.08. The molecular formula is C16H10BrClO2. The Morgan fingerprint density at radius 2 is 1.95 bits per heavy atom. The SMILES string of the molecule is Cc1ccc2oc(C(=O)c3cc(Cl)ccc3Br)cc2c1. The molecule has 0 saturated carbocycles. The van der Waals surface area contributed by atoms with Crippen molar-refractivity contribution >= 4 is 44.3 Å². The van der Waals surface area contributed by atoms with Gasteiger partial charge in [0.05, 0.1) is 0 Å². The van der Waals surface area contributed by atoms with Crippen LogP contribution < -0.4 is 0 Å². The van der Waals surface area contributed by atoms with E-state index in [4.69, 9.17) is 16.0 Å². The molecule has 1 aromatic heterocycles. The molecule has 2 nitrogen and oxygen atoms in total. The first-order chi connectivity index (χ1) is 9.54. The van der Waals surface area contributed by atoms with Crippen LogP contribution in [0.15, 0.2) is 51.4 Å². The molecule has 0 aliphatic carbocycles. The second kappa shape index (κ2) is 5.08. The summed E-state index contributed by atoms with van der Waals surface area (Å²) in [6.45, 7) is 2.00. The van der Waals surface area contributed by atoms with Crippen molar-refractivity contribution in [3.05, 3.63) is 68.8 Å². The Hall–Kier alpha value is -1.58. The number of ketones is 1. The zero-order chi connectivity index (χ0) is 14.3. The maximum atomic E-state index is 12.5. The first-order valence-corrected chi connectivity index (χ1v) is 7.21. The van der Waals surface area contributed by atoms with E-state index in [1.807, 2.05) is 25.1 Å². The zero-order valence-corrected chi connectivity index (χ0v) is 13.0. The van der Waals surface area contributed by atoms with Gasteiger partial charge >= 0.3 is 0 Å². The average Bonchev–Trinajstić information content (AvgIpc) is 2.83. The molecule has 100 valence electrons. The van der Waals surface area contributed by atoms with Crippen LogP contribution in [0.4, 0.5) is 0 Å². The quantitative estimate of drug-likeness (QED) is 0.581. The van der Waals surface area contributed by atoms with Crippen molar-refractivity contribution in [1.29, 1.82) is 0 Å². The lowest BCUT2D eigenvalue weighted by Crippen LogP contribution is -2.00. The molecule has 0 atom stereocenters. The fraction of sp³-hybridized carbons (Fsp3) is 0.0625. The van der Waals surface area contributed by atoms with Gasteiger partial charge in [-0.3, -0.25) is 4.79 Å². The standard InChI is InChI=1S/C16H10BrClO2/c1-9-2-5-14-10(6-9)7-15(20-14)16(19)12-8-11(18)3-4-13(12)17/h2-8H,1H3. The largest absolute Gasteiger partial charge is 0.453 e. The first kappa shape index (κ1) is 13.4. The molecule has 0 fully saturated rings. The summed E-state index contributed by atoms with van der Waals surface area (Å²) in [5, 5.41) is 1.44. The lowest BCUT2D eigenvalue weighted by molar-refractivity contribution is 0.101. The van der Waals surface area contributed by atoms with E-state index in [0.29, 0.717) is 26.4 Å². The van der Waals surface area contributed by atoms with E-state index in [1.54, 1.807) is 24.3 Å². The van der Waals surface area contributed by atoms with E-state index >= 15 is 0 Å². The van der Waals surface area contributed by atoms with Crippen molar-refractivity contribution in [2.45, 2.75) is 6.92 Å². The van der Waals surface area contributed by atoms with Crippen LogP contribution in [0.2, 0.25) is 5.02 Å². The first-order valence-electron chi connectivity index (χ1n) is 6.04. The molecule has 0 unspecified atom stereocenters. The highest BCUT2D eigenvalue weighted by atomic mass is 79.9. The summed E-state index contributed by atoms with van der Waals surface area (Å²) >= 11 is 9.31. The minimum Gasteiger partial charge on any atom is -0.453 e. The molecule has 20 heavy (non-hydrogen) atoms. The molecule has 3 rings (SSSR count). The van der Waals surface area contributed by atoms with Crippen LogP contribution in [0.25, 0.3) is 11.0 Å². The molecule has 0 aliphatic heterocycles. The van der Waals surface area contributed by atoms with Crippen molar-refractivity contribution in [2.75, 3.05) is 0 Å². The molecule has 0 aliphatic rings. The van der Waals surface area contributed by atoms with Gasteiger partial charge in [-0.15, -0.1) is 0 Å². The van der Waals surface area contributed by atoms with Crippen molar-refractivity contribution in [3.63, 3.8) is 0 Å². The van der Waals surface area contributed by atoms with Gasteiger partial charge in [-0.2, -0.15) is 0 Å². The molecule has 0 spiro atoms. The number of rotatable bonds is 2. The van der Waals surface area contributed by atoms with Crippen molar-refractivity contribution in [3.8, 4) is 0 Å². The van der Waals surface area contributed by atoms with Crippen LogP contribution in [-0.4, -0.2) is 5.78 Å². The Labute approximate surface area is 129 Å². The maximum Gasteiger partial charge on any atom is 0.229 e. The Balaban J connectivity index is 2.10. The second-order valence-corrected chi connectivity index (χ2v) is 5.90. The molecule has 3 aromatic rings. The number of hydrogen-bond acceptors (Lipinski definition) is 2. The molecule has 0 saturated heterocycles. The number of carbonyl (C=O) groups excluding carboxylic acids is 1. The van der Waals surface area contributed by atoms with Crippen LogP contribution in [0.5, 0.6) is 0 Å². The van der Waals surface area contributed by atoms with Crippen LogP contribution >= 0.6 is 27.5 Å². The molecular weight excluding hydrogens is 340 g/mol. The van der Waals surface area contributed by atoms with Crippen LogP contribution in [0.1, 0.15) is 21.7 Å². The number of fused-ring (bicyclic) bond motifs is 1. The van der Waals surface area contributed by atoms with Crippen LogP contribution in [0.3, 0.4) is 0 Å². The van der Waals surface area contributed by atoms with Crippen molar-refractivity contribution in [1.82, 2.24) is 0 Å². The Bertz CT molecular complexity index is 820. The van der Waals surface area contributed by atoms with Crippen LogP contribution in [0, 0.1) is 6.92 Å². The van der Waals surface area contributed by atoms with E-state index in [0.717, 1.165) is 10.9 Å². The van der Waals surface area contributed by atoms with E-state index < -0.39 is 0 Å². The van der Waals surface area contributed by atoms with Gasteiger partial charge in [0, 0.05) is 20.4 Å². The fourth-order valence-corrected chi connectivity index (χ4v) is 2.68. The number of hydrogen-bond donors (Lipinski definition) is 0. The molecule has 4 heteroatoms. The highest BCUT2D eigenvalue weighted by molar-refractivity contribution is 9.10. The van der Waals surface area contributed by atoms with E-state index in [-0.39, 0.29) is 5.78 Å². The van der Waals surface area contributed by atoms with Gasteiger partial charge < -0.3 is 4.42 Å². The number of aryl methyl sites for hydroxylation is 1. The van der Waals surface area contributed by atoms with Crippen molar-refractivity contribution < 1.29 is 9.21 Å². The number of furan rings is 1. The van der Waals surface area contributed by atoms with Gasteiger partial charge in [0.2, 0.25) is 5.78 Å². The molecule has 0 bridgehead atoms. The third kappa shape index (κ3) is 2.39. The summed E-state index contributed by atoms with van der Waals surface area (Å²) in [5.41, 5.74) is 2.33. The highest BCUT2D eigenvalue weighted by Gasteiger charge is 2.17. The van der Waals surface area contributed by atoms with Crippen LogP contribution in [-0.2, 0) is 0 Å². The monoisotopic (exact) mass is 348 g/mol. The molecule has 0 radical (unpaired) electrons. The van der Waals surface area contributed by atoms with Gasteiger partial charge in [0.15, 0.2) is 5.76 Å². The van der Waals surface area contributed by atoms with E-state index in [9.17, 15) is 4.79 Å². The summed E-state index contributed by atoms with van der Waals surface area (Å²) in [7, 11) is 0. The topological polar surface area (TPSA) is 30.2 Å². The zero-order valence-electron chi connectivity index (χ0n) is 10.6. The summed E-state index contributed by atoms with van der Waals surface area (Å²) < 4.78 is 6.32. The van der Waals surface area contributed by atoms with Gasteiger partial charge in [-0.1, -0.05) is 39.2 Å². The lowest BCUT2D eigenvalue weighted by Gasteiger charge is -2.01. The second-order valence-electron chi connectivity index (χ2n) is 4.61. The Kier molecular flexibility index (Phi) is 3.40. The lowest BCUT2D eigenvalue weighted by atomic mass is 10.1. The van der Waals surface area contributed by atoms with Gasteiger partial charge in [0.1, 0.15) is 5.58 Å². The normalized spacial score (nSPS) is 10.9. The summed E-state index contributed by atoms with van der Waals surface area (Å²) in [4.78, 5) is 12.5. The number of benzene rings is 2. The summed E-state index contributed by atoms with van der Waals surface area (Å²) in [6.07, 6.45) is 0. The third-order valence-corrected chi connectivity index (χ3v) is 4.00. The third-order valence-electron chi connectivity index (χ3n) is 3.07. The minimum atomic E-state index is -0.187. The molecule has 0 amide bonds.